The lowest BCUT2D eigenvalue weighted by Crippen LogP contribution is -2.53. The zero-order valence-corrected chi connectivity index (χ0v) is 19.6. The van der Waals surface area contributed by atoms with Crippen molar-refractivity contribution in [1.29, 1.82) is 0 Å². The Balaban J connectivity index is 0.00000320. The minimum Gasteiger partial charge on any atom is -0.497 e. The Hall–Kier alpha value is -2.27. The minimum atomic E-state index is -0.722. The molecule has 2 heterocycles. The van der Waals surface area contributed by atoms with Gasteiger partial charge in [0.1, 0.15) is 5.75 Å². The van der Waals surface area contributed by atoms with Gasteiger partial charge in [-0.3, -0.25) is 9.79 Å². The number of hydrogen-bond donors (Lipinski definition) is 2. The highest BCUT2D eigenvalue weighted by molar-refractivity contribution is 14.0. The van der Waals surface area contributed by atoms with E-state index in [2.05, 4.69) is 15.2 Å². The Morgan fingerprint density at radius 3 is 2.60 bits per heavy atom. The topological polar surface area (TPSA) is 90.5 Å². The van der Waals surface area contributed by atoms with Gasteiger partial charge in [0.2, 0.25) is 0 Å². The average Bonchev–Trinajstić information content (AvgIpc) is 3.31. The van der Waals surface area contributed by atoms with E-state index in [0.717, 1.165) is 18.1 Å². The van der Waals surface area contributed by atoms with E-state index in [1.165, 1.54) is 6.26 Å². The van der Waals surface area contributed by atoms with Gasteiger partial charge in [0.25, 0.3) is 5.91 Å². The van der Waals surface area contributed by atoms with Crippen molar-refractivity contribution in [2.24, 2.45) is 4.99 Å². The molecule has 8 nitrogen and oxygen atoms in total. The lowest BCUT2D eigenvalue weighted by atomic mass is 10.1. The molecule has 1 fully saturated rings. The number of hydrogen-bond acceptors (Lipinski definition) is 5. The van der Waals surface area contributed by atoms with Gasteiger partial charge in [-0.15, -0.1) is 24.0 Å². The highest BCUT2D eigenvalue weighted by Gasteiger charge is 2.25. The number of aliphatic imine (C=N–C) groups is 1. The quantitative estimate of drug-likeness (QED) is 0.340. The second-order valence-corrected chi connectivity index (χ2v) is 6.74. The fourth-order valence-corrected chi connectivity index (χ4v) is 3.23. The van der Waals surface area contributed by atoms with Crippen LogP contribution in [0.15, 0.2) is 52.1 Å². The highest BCUT2D eigenvalue weighted by Crippen LogP contribution is 2.19. The van der Waals surface area contributed by atoms with Gasteiger partial charge in [-0.2, -0.15) is 0 Å². The molecule has 1 aromatic carbocycles. The van der Waals surface area contributed by atoms with Crippen molar-refractivity contribution in [1.82, 2.24) is 15.1 Å². The van der Waals surface area contributed by atoms with E-state index < -0.39 is 6.10 Å². The Labute approximate surface area is 193 Å². The molecule has 9 heteroatoms. The first-order chi connectivity index (χ1) is 14.1. The first-order valence-corrected chi connectivity index (χ1v) is 9.80. The van der Waals surface area contributed by atoms with Crippen LogP contribution < -0.4 is 10.1 Å². The van der Waals surface area contributed by atoms with Crippen LogP contribution in [0.1, 0.15) is 29.1 Å². The molecule has 30 heavy (non-hydrogen) atoms. The molecule has 3 rings (SSSR count). The van der Waals surface area contributed by atoms with Crippen LogP contribution in [0.3, 0.4) is 0 Å². The molecule has 0 spiro atoms. The number of amides is 1. The van der Waals surface area contributed by atoms with Crippen LogP contribution >= 0.6 is 24.0 Å². The molecule has 1 atom stereocenters. The maximum atomic E-state index is 12.4. The number of carbonyl (C=O) groups excluding carboxylic acids is 1. The lowest BCUT2D eigenvalue weighted by Gasteiger charge is -2.36. The van der Waals surface area contributed by atoms with E-state index in [0.29, 0.717) is 37.7 Å². The van der Waals surface area contributed by atoms with Crippen molar-refractivity contribution in [3.05, 3.63) is 54.0 Å². The summed E-state index contributed by atoms with van der Waals surface area (Å²) in [5.74, 6) is 1.71. The van der Waals surface area contributed by atoms with Crippen LogP contribution in [-0.2, 0) is 0 Å². The van der Waals surface area contributed by atoms with Crippen molar-refractivity contribution in [2.75, 3.05) is 46.4 Å². The van der Waals surface area contributed by atoms with Crippen LogP contribution in [0.25, 0.3) is 0 Å². The molecular weight excluding hydrogens is 499 g/mol. The molecule has 1 aromatic heterocycles. The predicted octanol–water partition coefficient (Wildman–Crippen LogP) is 2.36. The molecule has 1 saturated heterocycles. The number of benzene rings is 1. The van der Waals surface area contributed by atoms with E-state index in [4.69, 9.17) is 9.15 Å². The molecule has 0 saturated carbocycles. The SMILES string of the molecule is CCNC(=NCC(O)c1cccc(OC)c1)N1CCN(C(=O)c2ccco2)CC1.I. The first-order valence-electron chi connectivity index (χ1n) is 9.80. The summed E-state index contributed by atoms with van der Waals surface area (Å²) in [6, 6.07) is 10.8. The third kappa shape index (κ3) is 6.11. The number of ether oxygens (including phenoxy) is 1. The molecular formula is C21H29IN4O4. The van der Waals surface area contributed by atoms with Crippen molar-refractivity contribution >= 4 is 35.8 Å². The van der Waals surface area contributed by atoms with Gasteiger partial charge in [0.15, 0.2) is 11.7 Å². The number of furan rings is 1. The van der Waals surface area contributed by atoms with Gasteiger partial charge in [0, 0.05) is 32.7 Å². The predicted molar refractivity (Wildman–Crippen MR) is 126 cm³/mol. The second-order valence-electron chi connectivity index (χ2n) is 6.74. The number of aliphatic hydroxyl groups is 1. The summed E-state index contributed by atoms with van der Waals surface area (Å²) in [6.07, 6.45) is 0.785. The average molecular weight is 528 g/mol. The van der Waals surface area contributed by atoms with E-state index in [1.807, 2.05) is 31.2 Å². The number of guanidine groups is 1. The van der Waals surface area contributed by atoms with Gasteiger partial charge in [-0.25, -0.2) is 0 Å². The first kappa shape index (κ1) is 24.0. The maximum Gasteiger partial charge on any atom is 0.289 e. The number of rotatable bonds is 6. The van der Waals surface area contributed by atoms with Gasteiger partial charge >= 0.3 is 0 Å². The van der Waals surface area contributed by atoms with E-state index in [1.54, 1.807) is 24.1 Å². The van der Waals surface area contributed by atoms with Crippen LogP contribution in [0.5, 0.6) is 5.75 Å². The largest absolute Gasteiger partial charge is 0.497 e. The van der Waals surface area contributed by atoms with Crippen molar-refractivity contribution < 1.29 is 19.1 Å². The zero-order chi connectivity index (χ0) is 20.6. The van der Waals surface area contributed by atoms with E-state index in [-0.39, 0.29) is 36.4 Å². The Kier molecular flexibility index (Phi) is 9.44. The number of methoxy groups -OCH3 is 1. The molecule has 2 aromatic rings. The number of carbonyl (C=O) groups is 1. The molecule has 1 unspecified atom stereocenters. The van der Waals surface area contributed by atoms with Gasteiger partial charge in [-0.1, -0.05) is 12.1 Å². The summed E-state index contributed by atoms with van der Waals surface area (Å²) in [7, 11) is 1.60. The summed E-state index contributed by atoms with van der Waals surface area (Å²) in [6.45, 7) is 5.46. The maximum absolute atomic E-state index is 12.4. The Morgan fingerprint density at radius 2 is 1.97 bits per heavy atom. The normalized spacial score (nSPS) is 15.4. The van der Waals surface area contributed by atoms with Crippen LogP contribution in [0.2, 0.25) is 0 Å². The van der Waals surface area contributed by atoms with E-state index >= 15 is 0 Å². The number of piperazine rings is 1. The summed E-state index contributed by atoms with van der Waals surface area (Å²) in [5.41, 5.74) is 0.762. The fraction of sp³-hybridized carbons (Fsp3) is 0.429. The van der Waals surface area contributed by atoms with Crippen LogP contribution in [0.4, 0.5) is 0 Å². The molecule has 2 N–H and O–H groups in total. The van der Waals surface area contributed by atoms with E-state index in [9.17, 15) is 9.90 Å². The molecule has 0 bridgehead atoms. The van der Waals surface area contributed by atoms with Gasteiger partial charge < -0.3 is 29.4 Å². The molecule has 164 valence electrons. The van der Waals surface area contributed by atoms with Crippen molar-refractivity contribution in [3.8, 4) is 5.75 Å². The fourth-order valence-electron chi connectivity index (χ4n) is 3.23. The minimum absolute atomic E-state index is 0. The number of halogens is 1. The standard InChI is InChI=1S/C21H28N4O4.HI/c1-3-22-21(23-15-18(26)16-6-4-7-17(14-16)28-2)25-11-9-24(10-12-25)20(27)19-8-5-13-29-19;/h4-8,13-14,18,26H,3,9-12,15H2,1-2H3,(H,22,23);1H. The summed E-state index contributed by atoms with van der Waals surface area (Å²) in [5, 5.41) is 13.8. The molecule has 0 radical (unpaired) electrons. The van der Waals surface area contributed by atoms with Crippen molar-refractivity contribution in [3.63, 3.8) is 0 Å². The van der Waals surface area contributed by atoms with Crippen molar-refractivity contribution in [2.45, 2.75) is 13.0 Å². The second kappa shape index (κ2) is 11.8. The zero-order valence-electron chi connectivity index (χ0n) is 17.3. The van der Waals surface area contributed by atoms with Crippen LogP contribution in [-0.4, -0.2) is 73.2 Å². The molecule has 1 aliphatic rings. The molecule has 1 aliphatic heterocycles. The van der Waals surface area contributed by atoms with Crippen LogP contribution in [0, 0.1) is 0 Å². The summed E-state index contributed by atoms with van der Waals surface area (Å²) in [4.78, 5) is 20.9. The number of nitrogens with zero attached hydrogens (tertiary/aromatic N) is 3. The monoisotopic (exact) mass is 528 g/mol. The third-order valence-electron chi connectivity index (χ3n) is 4.83. The summed E-state index contributed by atoms with van der Waals surface area (Å²) >= 11 is 0. The number of aliphatic hydroxyl groups excluding tert-OH is 1. The third-order valence-corrected chi connectivity index (χ3v) is 4.83. The summed E-state index contributed by atoms with van der Waals surface area (Å²) < 4.78 is 10.4. The smallest absolute Gasteiger partial charge is 0.289 e. The Morgan fingerprint density at radius 1 is 1.23 bits per heavy atom. The highest BCUT2D eigenvalue weighted by atomic mass is 127. The number of nitrogens with one attached hydrogen (secondary N) is 1. The Bertz CT molecular complexity index is 820. The molecule has 0 aliphatic carbocycles. The van der Waals surface area contributed by atoms with Gasteiger partial charge in [0.05, 0.1) is 26.0 Å². The van der Waals surface area contributed by atoms with Gasteiger partial charge in [-0.05, 0) is 36.8 Å². The lowest BCUT2D eigenvalue weighted by molar-refractivity contribution is 0.0657. The molecule has 1 amide bonds.